The van der Waals surface area contributed by atoms with Gasteiger partial charge in [0, 0.05) is 23.9 Å². The van der Waals surface area contributed by atoms with Crippen molar-refractivity contribution >= 4 is 23.2 Å². The highest BCUT2D eigenvalue weighted by Gasteiger charge is 2.09. The lowest BCUT2D eigenvalue weighted by Crippen LogP contribution is -2.26. The summed E-state index contributed by atoms with van der Waals surface area (Å²) >= 11 is 1.54. The molecule has 0 aliphatic carbocycles. The molecule has 2 aromatic rings. The predicted octanol–water partition coefficient (Wildman–Crippen LogP) is 3.29. The number of thiazole rings is 1. The Balaban J connectivity index is 1.80. The maximum Gasteiger partial charge on any atom is 0.303 e. The molecule has 0 fully saturated rings. The third kappa shape index (κ3) is 5.77. The summed E-state index contributed by atoms with van der Waals surface area (Å²) in [6.45, 7) is 2.62. The molecule has 0 aliphatic heterocycles. The average molecular weight is 346 g/mol. The number of carbonyl (C=O) groups is 2. The number of benzene rings is 1. The maximum atomic E-state index is 11.9. The molecule has 0 atom stereocenters. The van der Waals surface area contributed by atoms with E-state index in [0.717, 1.165) is 22.7 Å². The number of hydrogen-bond donors (Lipinski definition) is 2. The molecule has 24 heavy (non-hydrogen) atoms. The zero-order valence-corrected chi connectivity index (χ0v) is 14.6. The molecular weight excluding hydrogens is 324 g/mol. The van der Waals surface area contributed by atoms with Crippen LogP contribution < -0.4 is 5.32 Å². The summed E-state index contributed by atoms with van der Waals surface area (Å²) in [5, 5.41) is 14.2. The fourth-order valence-corrected chi connectivity index (χ4v) is 3.09. The van der Waals surface area contributed by atoms with Crippen LogP contribution in [0.2, 0.25) is 0 Å². The minimum absolute atomic E-state index is 0.0801. The standard InChI is InChI=1S/C18H22N2O3S/c1-2-13-6-8-14(9-7-13)18-20-15(12-24-18)11-16(21)19-10-4-3-5-17(22)23/h6-9,12H,2-5,10-11H2,1H3,(H,19,21)(H,22,23). The molecule has 1 amide bonds. The molecule has 0 radical (unpaired) electrons. The van der Waals surface area contributed by atoms with Gasteiger partial charge in [-0.1, -0.05) is 31.2 Å². The second-order valence-electron chi connectivity index (χ2n) is 5.57. The summed E-state index contributed by atoms with van der Waals surface area (Å²) in [7, 11) is 0. The summed E-state index contributed by atoms with van der Waals surface area (Å²) in [5.74, 6) is -0.883. The Morgan fingerprint density at radius 1 is 1.21 bits per heavy atom. The summed E-state index contributed by atoms with van der Waals surface area (Å²) in [6.07, 6.45) is 2.65. The zero-order chi connectivity index (χ0) is 17.4. The molecule has 0 spiro atoms. The topological polar surface area (TPSA) is 79.3 Å². The van der Waals surface area contributed by atoms with Gasteiger partial charge in [-0.05, 0) is 24.8 Å². The summed E-state index contributed by atoms with van der Waals surface area (Å²) in [5.41, 5.74) is 3.12. The van der Waals surface area contributed by atoms with E-state index in [1.807, 2.05) is 5.38 Å². The van der Waals surface area contributed by atoms with Crippen LogP contribution >= 0.6 is 11.3 Å². The third-order valence-corrected chi connectivity index (χ3v) is 4.58. The van der Waals surface area contributed by atoms with E-state index >= 15 is 0 Å². The van der Waals surface area contributed by atoms with Crippen molar-refractivity contribution in [3.05, 3.63) is 40.9 Å². The molecule has 5 nitrogen and oxygen atoms in total. The van der Waals surface area contributed by atoms with Crippen molar-refractivity contribution in [3.63, 3.8) is 0 Å². The van der Waals surface area contributed by atoms with Crippen molar-refractivity contribution in [2.24, 2.45) is 0 Å². The first kappa shape index (κ1) is 18.1. The van der Waals surface area contributed by atoms with E-state index in [4.69, 9.17) is 5.11 Å². The lowest BCUT2D eigenvalue weighted by Gasteiger charge is -2.03. The van der Waals surface area contributed by atoms with Crippen molar-refractivity contribution in [2.45, 2.75) is 39.0 Å². The van der Waals surface area contributed by atoms with Gasteiger partial charge >= 0.3 is 5.97 Å². The number of amides is 1. The molecule has 0 saturated carbocycles. The largest absolute Gasteiger partial charge is 0.481 e. The van der Waals surface area contributed by atoms with Gasteiger partial charge in [-0.2, -0.15) is 0 Å². The van der Waals surface area contributed by atoms with Gasteiger partial charge in [-0.15, -0.1) is 11.3 Å². The Hall–Kier alpha value is -2.21. The SMILES string of the molecule is CCc1ccc(-c2nc(CC(=O)NCCCCC(=O)O)cs2)cc1. The molecule has 0 aliphatic rings. The Morgan fingerprint density at radius 3 is 2.62 bits per heavy atom. The molecule has 0 bridgehead atoms. The molecule has 0 unspecified atom stereocenters. The molecule has 1 aromatic carbocycles. The number of rotatable bonds is 9. The van der Waals surface area contributed by atoms with Gasteiger partial charge in [0.05, 0.1) is 12.1 Å². The van der Waals surface area contributed by atoms with Crippen LogP contribution in [0.4, 0.5) is 0 Å². The first-order chi connectivity index (χ1) is 11.6. The van der Waals surface area contributed by atoms with E-state index in [-0.39, 0.29) is 18.7 Å². The Kier molecular flexibility index (Phi) is 6.93. The van der Waals surface area contributed by atoms with Crippen LogP contribution in [0.1, 0.15) is 37.4 Å². The van der Waals surface area contributed by atoms with Gasteiger partial charge in [0.25, 0.3) is 0 Å². The number of hydrogen-bond acceptors (Lipinski definition) is 4. The van der Waals surface area contributed by atoms with E-state index in [1.165, 1.54) is 16.9 Å². The van der Waals surface area contributed by atoms with Crippen LogP contribution in [0, 0.1) is 0 Å². The predicted molar refractivity (Wildman–Crippen MR) is 95.1 cm³/mol. The second kappa shape index (κ2) is 9.17. The van der Waals surface area contributed by atoms with E-state index in [2.05, 4.69) is 41.5 Å². The van der Waals surface area contributed by atoms with Crippen molar-refractivity contribution in [3.8, 4) is 10.6 Å². The molecule has 2 rings (SSSR count). The minimum Gasteiger partial charge on any atom is -0.481 e. The Labute approximate surface area is 145 Å². The van der Waals surface area contributed by atoms with E-state index in [0.29, 0.717) is 19.4 Å². The van der Waals surface area contributed by atoms with Crippen molar-refractivity contribution < 1.29 is 14.7 Å². The highest BCUT2D eigenvalue weighted by atomic mass is 32.1. The fraction of sp³-hybridized carbons (Fsp3) is 0.389. The Morgan fingerprint density at radius 2 is 1.96 bits per heavy atom. The number of nitrogens with zero attached hydrogens (tertiary/aromatic N) is 1. The number of aryl methyl sites for hydroxylation is 1. The van der Waals surface area contributed by atoms with Crippen molar-refractivity contribution in [1.29, 1.82) is 0 Å². The van der Waals surface area contributed by atoms with E-state index in [1.54, 1.807) is 0 Å². The molecule has 128 valence electrons. The van der Waals surface area contributed by atoms with E-state index in [9.17, 15) is 9.59 Å². The molecule has 6 heteroatoms. The smallest absolute Gasteiger partial charge is 0.303 e. The van der Waals surface area contributed by atoms with Crippen LogP contribution in [-0.4, -0.2) is 28.5 Å². The van der Waals surface area contributed by atoms with Crippen LogP contribution in [0.5, 0.6) is 0 Å². The van der Waals surface area contributed by atoms with Crippen molar-refractivity contribution in [2.75, 3.05) is 6.54 Å². The van der Waals surface area contributed by atoms with Gasteiger partial charge in [0.15, 0.2) is 0 Å². The summed E-state index contributed by atoms with van der Waals surface area (Å²) in [4.78, 5) is 26.8. The van der Waals surface area contributed by atoms with Crippen molar-refractivity contribution in [1.82, 2.24) is 10.3 Å². The van der Waals surface area contributed by atoms with Gasteiger partial charge in [-0.3, -0.25) is 9.59 Å². The fourth-order valence-electron chi connectivity index (χ4n) is 2.26. The molecule has 1 aromatic heterocycles. The molecular formula is C18H22N2O3S. The lowest BCUT2D eigenvalue weighted by atomic mass is 10.1. The second-order valence-corrected chi connectivity index (χ2v) is 6.43. The lowest BCUT2D eigenvalue weighted by molar-refractivity contribution is -0.137. The van der Waals surface area contributed by atoms with Gasteiger partial charge in [0.1, 0.15) is 5.01 Å². The van der Waals surface area contributed by atoms with Crippen LogP contribution in [0.25, 0.3) is 10.6 Å². The number of carbonyl (C=O) groups excluding carboxylic acids is 1. The highest BCUT2D eigenvalue weighted by molar-refractivity contribution is 7.13. The number of nitrogens with one attached hydrogen (secondary N) is 1. The summed E-state index contributed by atoms with van der Waals surface area (Å²) < 4.78 is 0. The zero-order valence-electron chi connectivity index (χ0n) is 13.7. The quantitative estimate of drug-likeness (QED) is 0.683. The Bertz CT molecular complexity index is 680. The number of carboxylic acid groups (broad SMARTS) is 1. The minimum atomic E-state index is -0.803. The van der Waals surface area contributed by atoms with E-state index < -0.39 is 5.97 Å². The monoisotopic (exact) mass is 346 g/mol. The maximum absolute atomic E-state index is 11.9. The highest BCUT2D eigenvalue weighted by Crippen LogP contribution is 2.24. The average Bonchev–Trinajstić information content (AvgIpc) is 3.02. The number of carboxylic acids is 1. The van der Waals surface area contributed by atoms with Crippen LogP contribution in [0.15, 0.2) is 29.6 Å². The van der Waals surface area contributed by atoms with Gasteiger partial charge in [-0.25, -0.2) is 4.98 Å². The molecule has 2 N–H and O–H groups in total. The van der Waals surface area contributed by atoms with Gasteiger partial charge < -0.3 is 10.4 Å². The van der Waals surface area contributed by atoms with Gasteiger partial charge in [0.2, 0.25) is 5.91 Å². The van der Waals surface area contributed by atoms with Crippen LogP contribution in [0.3, 0.4) is 0 Å². The number of aromatic nitrogens is 1. The third-order valence-electron chi connectivity index (χ3n) is 3.64. The summed E-state index contributed by atoms with van der Waals surface area (Å²) in [6, 6.07) is 8.31. The first-order valence-corrected chi connectivity index (χ1v) is 8.98. The first-order valence-electron chi connectivity index (χ1n) is 8.10. The number of unbranched alkanes of at least 4 members (excludes halogenated alkanes) is 1. The normalized spacial score (nSPS) is 10.5. The number of aliphatic carboxylic acids is 1. The van der Waals surface area contributed by atoms with Crippen LogP contribution in [-0.2, 0) is 22.4 Å². The molecule has 0 saturated heterocycles. The molecule has 1 heterocycles.